The lowest BCUT2D eigenvalue weighted by atomic mass is 10.1. The topological polar surface area (TPSA) is 87.4 Å². The predicted octanol–water partition coefficient (Wildman–Crippen LogP) is 6.39. The van der Waals surface area contributed by atoms with E-state index < -0.39 is 17.8 Å². The maximum Gasteiger partial charge on any atom is 0.418 e. The minimum atomic E-state index is -4.57. The lowest BCUT2D eigenvalue weighted by Crippen LogP contribution is -2.38. The third kappa shape index (κ3) is 5.81. The molecule has 39 heavy (non-hydrogen) atoms. The van der Waals surface area contributed by atoms with E-state index in [9.17, 15) is 18.0 Å². The average molecular weight is 539 g/mol. The van der Waals surface area contributed by atoms with Gasteiger partial charge in [-0.3, -0.25) is 0 Å². The summed E-state index contributed by atoms with van der Waals surface area (Å²) in [5.74, 6) is 1.36. The number of nitrogens with zero attached hydrogens (tertiary/aromatic N) is 5. The Kier molecular flexibility index (Phi) is 7.67. The fourth-order valence-corrected chi connectivity index (χ4v) is 4.71. The number of aryl methyl sites for hydroxylation is 1. The van der Waals surface area contributed by atoms with Crippen molar-refractivity contribution in [1.82, 2.24) is 20.0 Å². The van der Waals surface area contributed by atoms with Crippen LogP contribution in [-0.4, -0.2) is 52.2 Å². The molecule has 4 aromatic rings. The van der Waals surface area contributed by atoms with Gasteiger partial charge in [-0.2, -0.15) is 18.2 Å². The molecule has 1 saturated heterocycles. The van der Waals surface area contributed by atoms with Crippen molar-refractivity contribution < 1.29 is 22.5 Å². The molecule has 1 fully saturated rings. The second kappa shape index (κ2) is 11.3. The van der Waals surface area contributed by atoms with Gasteiger partial charge in [-0.15, -0.1) is 0 Å². The molecular formula is C28H29F3N6O2. The van der Waals surface area contributed by atoms with Gasteiger partial charge in [0.15, 0.2) is 0 Å². The first kappa shape index (κ1) is 26.5. The molecule has 0 spiro atoms. The highest BCUT2D eigenvalue weighted by atomic mass is 19.4. The number of halogens is 3. The van der Waals surface area contributed by atoms with Crippen LogP contribution in [-0.2, 0) is 12.6 Å². The summed E-state index contributed by atoms with van der Waals surface area (Å²) in [5.41, 5.74) is 0.796. The number of carbonyl (C=O) groups is 1. The van der Waals surface area contributed by atoms with Crippen molar-refractivity contribution >= 4 is 28.6 Å². The van der Waals surface area contributed by atoms with Crippen molar-refractivity contribution in [3.63, 3.8) is 0 Å². The van der Waals surface area contributed by atoms with Crippen molar-refractivity contribution in [3.8, 4) is 11.3 Å². The van der Waals surface area contributed by atoms with Gasteiger partial charge >= 0.3 is 12.2 Å². The molecule has 8 nitrogen and oxygen atoms in total. The monoisotopic (exact) mass is 538 g/mol. The van der Waals surface area contributed by atoms with Crippen LogP contribution in [0.2, 0.25) is 0 Å². The van der Waals surface area contributed by atoms with Crippen molar-refractivity contribution in [1.29, 1.82) is 0 Å². The number of hydrogen-bond acceptors (Lipinski definition) is 6. The molecular weight excluding hydrogens is 509 g/mol. The van der Waals surface area contributed by atoms with Crippen LogP contribution in [0.5, 0.6) is 0 Å². The number of para-hydroxylation sites is 1. The van der Waals surface area contributed by atoms with Gasteiger partial charge in [0, 0.05) is 38.2 Å². The van der Waals surface area contributed by atoms with E-state index in [-0.39, 0.29) is 5.69 Å². The fourth-order valence-electron chi connectivity index (χ4n) is 4.71. The van der Waals surface area contributed by atoms with Crippen molar-refractivity contribution in [2.45, 2.75) is 38.8 Å². The molecule has 0 atom stereocenters. The molecule has 204 valence electrons. The molecule has 2 aromatic heterocycles. The zero-order chi connectivity index (χ0) is 27.4. The maximum absolute atomic E-state index is 13.4. The number of hydrogen-bond donors (Lipinski definition) is 1. The summed E-state index contributed by atoms with van der Waals surface area (Å²) >= 11 is 0. The van der Waals surface area contributed by atoms with E-state index in [1.54, 1.807) is 0 Å². The van der Waals surface area contributed by atoms with Gasteiger partial charge in [0.05, 0.1) is 11.3 Å². The van der Waals surface area contributed by atoms with Crippen molar-refractivity contribution in [2.75, 3.05) is 36.4 Å². The number of rotatable bonds is 6. The molecule has 1 aliphatic heterocycles. The minimum absolute atomic E-state index is 0.258. The van der Waals surface area contributed by atoms with E-state index in [0.29, 0.717) is 67.5 Å². The Morgan fingerprint density at radius 3 is 2.54 bits per heavy atom. The lowest BCUT2D eigenvalue weighted by Gasteiger charge is -2.24. The van der Waals surface area contributed by atoms with Crippen LogP contribution in [0.15, 0.2) is 59.1 Å². The summed E-state index contributed by atoms with van der Waals surface area (Å²) in [4.78, 5) is 26.2. The molecule has 5 rings (SSSR count). The Labute approximate surface area is 223 Å². The normalized spacial score (nSPS) is 14.5. The van der Waals surface area contributed by atoms with Gasteiger partial charge in [0.1, 0.15) is 22.7 Å². The van der Waals surface area contributed by atoms with Gasteiger partial charge in [0.2, 0.25) is 0 Å². The Hall–Kier alpha value is -4.15. The number of alkyl halides is 3. The second-order valence-electron chi connectivity index (χ2n) is 9.45. The summed E-state index contributed by atoms with van der Waals surface area (Å²) in [5, 5.41) is 7.48. The van der Waals surface area contributed by atoms with E-state index >= 15 is 0 Å². The quantitative estimate of drug-likeness (QED) is 0.306. The van der Waals surface area contributed by atoms with Crippen molar-refractivity contribution in [3.05, 3.63) is 66.0 Å². The van der Waals surface area contributed by atoms with E-state index in [2.05, 4.69) is 27.3 Å². The SMILES string of the molecule is CCCCc1nc(N2CCCN(C(=O)Nc3ccccc3C(F)(F)F)CC2)c2c(-c3ccccc3)noc2n1. The highest BCUT2D eigenvalue weighted by Gasteiger charge is 2.34. The first-order valence-corrected chi connectivity index (χ1v) is 13.0. The number of amides is 2. The van der Waals surface area contributed by atoms with Gasteiger partial charge in [0.25, 0.3) is 5.71 Å². The molecule has 11 heteroatoms. The highest BCUT2D eigenvalue weighted by molar-refractivity contribution is 5.98. The van der Waals surface area contributed by atoms with Gasteiger partial charge in [-0.05, 0) is 25.0 Å². The fraction of sp³-hybridized carbons (Fsp3) is 0.357. The number of nitrogens with one attached hydrogen (secondary N) is 1. The number of fused-ring (bicyclic) bond motifs is 1. The average Bonchev–Trinajstić information content (AvgIpc) is 3.20. The Morgan fingerprint density at radius 1 is 1.00 bits per heavy atom. The number of benzene rings is 2. The maximum atomic E-state index is 13.4. The molecule has 0 radical (unpaired) electrons. The third-order valence-electron chi connectivity index (χ3n) is 6.72. The van der Waals surface area contributed by atoms with Crippen LogP contribution in [0.3, 0.4) is 0 Å². The van der Waals surface area contributed by atoms with E-state index in [1.807, 2.05) is 30.3 Å². The predicted molar refractivity (Wildman–Crippen MR) is 143 cm³/mol. The summed E-state index contributed by atoms with van der Waals surface area (Å²) in [7, 11) is 0. The van der Waals surface area contributed by atoms with Crippen LogP contribution in [0.1, 0.15) is 37.6 Å². The minimum Gasteiger partial charge on any atom is -0.354 e. The van der Waals surface area contributed by atoms with Crippen LogP contribution in [0.4, 0.5) is 29.5 Å². The zero-order valence-electron chi connectivity index (χ0n) is 21.5. The molecule has 0 unspecified atom stereocenters. The number of carbonyl (C=O) groups excluding carboxylic acids is 1. The molecule has 1 N–H and O–H groups in total. The summed E-state index contributed by atoms with van der Waals surface area (Å²) in [6.07, 6.45) is -1.34. The second-order valence-corrected chi connectivity index (χ2v) is 9.45. The molecule has 3 heterocycles. The molecule has 0 aliphatic carbocycles. The standard InChI is InChI=1S/C28H29F3N6O2/c1-2-3-14-22-33-25(23-24(35-39-26(23)34-22)19-10-5-4-6-11-19)36-15-9-16-37(18-17-36)27(38)32-21-13-8-7-12-20(21)28(29,30)31/h4-8,10-13H,2-3,9,14-18H2,1H3,(H,32,38). The van der Waals surface area contributed by atoms with Crippen LogP contribution >= 0.6 is 0 Å². The molecule has 1 aliphatic rings. The number of aromatic nitrogens is 3. The van der Waals surface area contributed by atoms with Crippen LogP contribution < -0.4 is 10.2 Å². The smallest absolute Gasteiger partial charge is 0.354 e. The number of anilines is 2. The van der Waals surface area contributed by atoms with Gasteiger partial charge < -0.3 is 19.6 Å². The summed E-state index contributed by atoms with van der Waals surface area (Å²) in [6, 6.07) is 14.1. The first-order valence-electron chi connectivity index (χ1n) is 13.0. The van der Waals surface area contributed by atoms with Gasteiger partial charge in [-0.25, -0.2) is 9.78 Å². The molecule has 2 amide bonds. The summed E-state index contributed by atoms with van der Waals surface area (Å²) < 4.78 is 45.9. The molecule has 2 aromatic carbocycles. The molecule has 0 bridgehead atoms. The zero-order valence-corrected chi connectivity index (χ0v) is 21.5. The van der Waals surface area contributed by atoms with Crippen LogP contribution in [0, 0.1) is 0 Å². The lowest BCUT2D eigenvalue weighted by molar-refractivity contribution is -0.136. The first-order chi connectivity index (χ1) is 18.8. The summed E-state index contributed by atoms with van der Waals surface area (Å²) in [6.45, 7) is 3.84. The van der Waals surface area contributed by atoms with Crippen LogP contribution in [0.25, 0.3) is 22.4 Å². The Bertz CT molecular complexity index is 1440. The Morgan fingerprint density at radius 2 is 1.77 bits per heavy atom. The van der Waals surface area contributed by atoms with Crippen molar-refractivity contribution in [2.24, 2.45) is 0 Å². The molecule has 0 saturated carbocycles. The Balaban J connectivity index is 1.41. The third-order valence-corrected chi connectivity index (χ3v) is 6.72. The van der Waals surface area contributed by atoms with Gasteiger partial charge in [-0.1, -0.05) is 61.0 Å². The number of urea groups is 1. The van der Waals surface area contributed by atoms with E-state index in [4.69, 9.17) is 9.51 Å². The van der Waals surface area contributed by atoms with E-state index in [1.165, 1.54) is 23.1 Å². The highest BCUT2D eigenvalue weighted by Crippen LogP contribution is 2.36. The largest absolute Gasteiger partial charge is 0.418 e. The number of unbranched alkanes of at least 4 members (excludes halogenated alkanes) is 1. The van der Waals surface area contributed by atoms with E-state index in [0.717, 1.165) is 24.5 Å².